The summed E-state index contributed by atoms with van der Waals surface area (Å²) in [6.07, 6.45) is 1.61. The summed E-state index contributed by atoms with van der Waals surface area (Å²) in [5.41, 5.74) is 1.72. The molecule has 3 rings (SSSR count). The van der Waals surface area contributed by atoms with Crippen LogP contribution in [-0.4, -0.2) is 39.4 Å². The number of carbonyl (C=O) groups excluding carboxylic acids is 1. The molecule has 6 nitrogen and oxygen atoms in total. The Morgan fingerprint density at radius 1 is 0.968 bits per heavy atom. The molecule has 0 spiro atoms. The van der Waals surface area contributed by atoms with Gasteiger partial charge in [0.2, 0.25) is 0 Å². The molecule has 31 heavy (non-hydrogen) atoms. The lowest BCUT2D eigenvalue weighted by Gasteiger charge is -2.19. The smallest absolute Gasteiger partial charge is 0.355 e. The molecule has 0 heterocycles. The average Bonchev–Trinajstić information content (AvgIpc) is 2.76. The fourth-order valence-electron chi connectivity index (χ4n) is 3.20. The van der Waals surface area contributed by atoms with Crippen LogP contribution in [-0.2, 0) is 19.7 Å². The van der Waals surface area contributed by atoms with Crippen molar-refractivity contribution in [1.29, 1.82) is 0 Å². The Labute approximate surface area is 183 Å². The number of allylic oxidation sites excluding steroid dienone is 1. The number of carbonyl (C=O) groups is 1. The lowest BCUT2D eigenvalue weighted by atomic mass is 9.89. The van der Waals surface area contributed by atoms with Crippen LogP contribution in [0.1, 0.15) is 24.0 Å². The first-order chi connectivity index (χ1) is 14.8. The number of ether oxygens (including phenoxy) is 1. The summed E-state index contributed by atoms with van der Waals surface area (Å²) < 4.78 is 33.4. The van der Waals surface area contributed by atoms with Crippen LogP contribution in [0.25, 0.3) is 10.8 Å². The van der Waals surface area contributed by atoms with Gasteiger partial charge >= 0.3 is 16.2 Å². The standard InChI is InChI=1S/C24H26N2O4S/c1-4-30-24(27)23(25-31(28,29)26(2)3)17-22(19-11-6-5-7-12-19)21-15-14-18-10-8-9-13-20(18)16-21/h5-17,22,25H,4H2,1-3H3/b23-17-/t22-/m0/s1. The van der Waals surface area contributed by atoms with Crippen molar-refractivity contribution in [3.05, 3.63) is 95.7 Å². The van der Waals surface area contributed by atoms with Crippen molar-refractivity contribution >= 4 is 27.0 Å². The highest BCUT2D eigenvalue weighted by atomic mass is 32.2. The van der Waals surface area contributed by atoms with Crippen LogP contribution in [0.15, 0.2) is 84.6 Å². The Kier molecular flexibility index (Phi) is 7.09. The number of esters is 1. The molecule has 3 aromatic carbocycles. The van der Waals surface area contributed by atoms with Crippen molar-refractivity contribution in [3.8, 4) is 0 Å². The molecule has 0 fully saturated rings. The van der Waals surface area contributed by atoms with Gasteiger partial charge in [-0.05, 0) is 34.9 Å². The van der Waals surface area contributed by atoms with Crippen LogP contribution < -0.4 is 4.72 Å². The second kappa shape index (κ2) is 9.76. The summed E-state index contributed by atoms with van der Waals surface area (Å²) in [6, 6.07) is 23.7. The van der Waals surface area contributed by atoms with Crippen molar-refractivity contribution in [3.63, 3.8) is 0 Å². The third-order valence-corrected chi connectivity index (χ3v) is 6.28. The fourth-order valence-corrected chi connectivity index (χ4v) is 3.81. The second-order valence-electron chi connectivity index (χ2n) is 7.19. The van der Waals surface area contributed by atoms with E-state index < -0.39 is 16.2 Å². The van der Waals surface area contributed by atoms with Gasteiger partial charge in [-0.3, -0.25) is 4.72 Å². The minimum absolute atomic E-state index is 0.127. The number of nitrogens with zero attached hydrogens (tertiary/aromatic N) is 1. The highest BCUT2D eigenvalue weighted by Gasteiger charge is 2.23. The molecule has 0 unspecified atom stereocenters. The van der Waals surface area contributed by atoms with E-state index in [0.717, 1.165) is 26.2 Å². The molecule has 0 amide bonds. The van der Waals surface area contributed by atoms with Gasteiger partial charge in [0.1, 0.15) is 5.70 Å². The van der Waals surface area contributed by atoms with E-state index in [0.29, 0.717) is 0 Å². The molecule has 7 heteroatoms. The number of fused-ring (bicyclic) bond motifs is 1. The van der Waals surface area contributed by atoms with Gasteiger partial charge in [0, 0.05) is 20.0 Å². The van der Waals surface area contributed by atoms with Crippen molar-refractivity contribution in [2.45, 2.75) is 12.8 Å². The van der Waals surface area contributed by atoms with E-state index in [4.69, 9.17) is 4.74 Å². The predicted octanol–water partition coefficient (Wildman–Crippen LogP) is 3.81. The van der Waals surface area contributed by atoms with Gasteiger partial charge in [-0.25, -0.2) is 4.79 Å². The van der Waals surface area contributed by atoms with Crippen molar-refractivity contribution in [2.24, 2.45) is 0 Å². The SMILES string of the molecule is CCOC(=O)/C(=C/[C@@H](c1ccccc1)c1ccc2ccccc2c1)NS(=O)(=O)N(C)C. The first-order valence-electron chi connectivity index (χ1n) is 9.94. The number of hydrogen-bond donors (Lipinski definition) is 1. The van der Waals surface area contributed by atoms with E-state index in [-0.39, 0.29) is 18.2 Å². The van der Waals surface area contributed by atoms with Gasteiger partial charge in [-0.1, -0.05) is 72.8 Å². The summed E-state index contributed by atoms with van der Waals surface area (Å²) in [7, 11) is -1.11. The maximum atomic E-state index is 12.6. The molecule has 1 N–H and O–H groups in total. The zero-order chi connectivity index (χ0) is 22.4. The third kappa shape index (κ3) is 5.51. The third-order valence-electron chi connectivity index (χ3n) is 4.84. The van der Waals surface area contributed by atoms with Gasteiger partial charge in [0.25, 0.3) is 0 Å². The summed E-state index contributed by atoms with van der Waals surface area (Å²) in [6.45, 7) is 1.81. The van der Waals surface area contributed by atoms with E-state index in [9.17, 15) is 13.2 Å². The van der Waals surface area contributed by atoms with Crippen LogP contribution in [0.2, 0.25) is 0 Å². The number of hydrogen-bond acceptors (Lipinski definition) is 4. The number of rotatable bonds is 8. The summed E-state index contributed by atoms with van der Waals surface area (Å²) >= 11 is 0. The van der Waals surface area contributed by atoms with E-state index >= 15 is 0 Å². The summed E-state index contributed by atoms with van der Waals surface area (Å²) in [5.74, 6) is -1.09. The monoisotopic (exact) mass is 438 g/mol. The minimum atomic E-state index is -3.89. The van der Waals surface area contributed by atoms with Crippen molar-refractivity contribution in [2.75, 3.05) is 20.7 Å². The topological polar surface area (TPSA) is 75.7 Å². The van der Waals surface area contributed by atoms with Gasteiger partial charge in [-0.2, -0.15) is 12.7 Å². The quantitative estimate of drug-likeness (QED) is 0.429. The van der Waals surface area contributed by atoms with Crippen LogP contribution >= 0.6 is 0 Å². The van der Waals surface area contributed by atoms with Crippen molar-refractivity contribution < 1.29 is 17.9 Å². The molecule has 0 saturated heterocycles. The van der Waals surface area contributed by atoms with Crippen LogP contribution in [0.4, 0.5) is 0 Å². The predicted molar refractivity (Wildman–Crippen MR) is 123 cm³/mol. The molecule has 3 aromatic rings. The molecule has 0 saturated carbocycles. The molecule has 1 atom stereocenters. The maximum Gasteiger partial charge on any atom is 0.355 e. The molecule has 0 bridgehead atoms. The molecule has 0 aromatic heterocycles. The van der Waals surface area contributed by atoms with Crippen LogP contribution in [0.3, 0.4) is 0 Å². The Bertz CT molecular complexity index is 1190. The normalized spacial score (nSPS) is 13.2. The zero-order valence-electron chi connectivity index (χ0n) is 17.8. The highest BCUT2D eigenvalue weighted by Crippen LogP contribution is 2.30. The zero-order valence-corrected chi connectivity index (χ0v) is 18.6. The molecule has 0 aliphatic carbocycles. The first kappa shape index (κ1) is 22.5. The maximum absolute atomic E-state index is 12.6. The average molecular weight is 439 g/mol. The molecular formula is C24H26N2O4S. The molecule has 162 valence electrons. The second-order valence-corrected chi connectivity index (χ2v) is 9.07. The first-order valence-corrected chi connectivity index (χ1v) is 11.4. The Hall–Kier alpha value is -3.16. The molecule has 0 radical (unpaired) electrons. The van der Waals surface area contributed by atoms with Gasteiger partial charge in [0.15, 0.2) is 0 Å². The molecule has 0 aliphatic heterocycles. The molecular weight excluding hydrogens is 412 g/mol. The fraction of sp³-hybridized carbons (Fsp3) is 0.208. The number of benzene rings is 3. The Balaban J connectivity index is 2.15. The van der Waals surface area contributed by atoms with Crippen LogP contribution in [0.5, 0.6) is 0 Å². The minimum Gasteiger partial charge on any atom is -0.461 e. The van der Waals surface area contributed by atoms with Crippen molar-refractivity contribution in [1.82, 2.24) is 9.03 Å². The van der Waals surface area contributed by atoms with E-state index in [1.807, 2.05) is 72.8 Å². The molecule has 0 aliphatic rings. The largest absolute Gasteiger partial charge is 0.461 e. The van der Waals surface area contributed by atoms with E-state index in [1.165, 1.54) is 14.1 Å². The van der Waals surface area contributed by atoms with E-state index in [2.05, 4.69) is 4.72 Å². The number of nitrogens with one attached hydrogen (secondary N) is 1. The van der Waals surface area contributed by atoms with Gasteiger partial charge in [-0.15, -0.1) is 0 Å². The van der Waals surface area contributed by atoms with E-state index in [1.54, 1.807) is 13.0 Å². The lowest BCUT2D eigenvalue weighted by Crippen LogP contribution is -2.37. The van der Waals surface area contributed by atoms with Gasteiger partial charge < -0.3 is 4.74 Å². The van der Waals surface area contributed by atoms with Crippen LogP contribution in [0, 0.1) is 0 Å². The summed E-state index contributed by atoms with van der Waals surface area (Å²) in [5, 5.41) is 2.15. The lowest BCUT2D eigenvalue weighted by molar-refractivity contribution is -0.138. The Morgan fingerprint density at radius 3 is 2.26 bits per heavy atom. The Morgan fingerprint density at radius 2 is 1.61 bits per heavy atom. The summed E-state index contributed by atoms with van der Waals surface area (Å²) in [4.78, 5) is 12.6. The van der Waals surface area contributed by atoms with Gasteiger partial charge in [0.05, 0.1) is 6.61 Å². The highest BCUT2D eigenvalue weighted by molar-refractivity contribution is 7.87.